The molecule has 138 valence electrons. The number of carbonyl (C=O) groups is 2. The number of hydrogen-bond acceptors (Lipinski definition) is 3. The number of aromatic nitrogens is 1. The van der Waals surface area contributed by atoms with E-state index in [1.165, 1.54) is 12.1 Å². The Morgan fingerprint density at radius 2 is 1.92 bits per heavy atom. The Labute approximate surface area is 153 Å². The number of anilines is 1. The van der Waals surface area contributed by atoms with Crippen LogP contribution in [-0.4, -0.2) is 16.8 Å². The van der Waals surface area contributed by atoms with Crippen molar-refractivity contribution < 1.29 is 14.0 Å². The zero-order chi connectivity index (χ0) is 19.3. The van der Waals surface area contributed by atoms with E-state index in [1.807, 2.05) is 6.92 Å². The Balaban J connectivity index is 2.08. The first-order valence-electron chi connectivity index (χ1n) is 8.65. The van der Waals surface area contributed by atoms with Crippen molar-refractivity contribution in [3.8, 4) is 0 Å². The van der Waals surface area contributed by atoms with Gasteiger partial charge in [0.25, 0.3) is 5.91 Å². The van der Waals surface area contributed by atoms with Crippen molar-refractivity contribution >= 4 is 17.6 Å². The van der Waals surface area contributed by atoms with E-state index in [4.69, 9.17) is 0 Å². The summed E-state index contributed by atoms with van der Waals surface area (Å²) in [5.41, 5.74) is 2.35. The van der Waals surface area contributed by atoms with Crippen LogP contribution in [0.3, 0.4) is 0 Å². The molecule has 1 aromatic carbocycles. The molecule has 2 rings (SSSR count). The van der Waals surface area contributed by atoms with E-state index >= 15 is 0 Å². The maximum absolute atomic E-state index is 13.8. The lowest BCUT2D eigenvalue weighted by atomic mass is 10.1. The molecule has 2 aromatic rings. The third-order valence-corrected chi connectivity index (χ3v) is 3.94. The fraction of sp³-hybridized carbons (Fsp3) is 0.350. The summed E-state index contributed by atoms with van der Waals surface area (Å²) in [6.07, 6.45) is 0.625. The minimum Gasteiger partial charge on any atom is -0.348 e. The van der Waals surface area contributed by atoms with Crippen LogP contribution in [-0.2, 0) is 17.8 Å². The molecule has 0 fully saturated rings. The highest BCUT2D eigenvalue weighted by Crippen LogP contribution is 2.13. The highest BCUT2D eigenvalue weighted by atomic mass is 19.1. The average molecular weight is 357 g/mol. The standard InChI is InChI=1S/C20H24FN3O2/c1-5-15-7-6-14(9-17(15)21)11-22-20(26)16-8-13(4)23-18(10-16)24-19(25)12(2)3/h6-10,12H,5,11H2,1-4H3,(H,22,26)(H,23,24,25). The second-order valence-corrected chi connectivity index (χ2v) is 6.49. The predicted molar refractivity (Wildman–Crippen MR) is 99.4 cm³/mol. The van der Waals surface area contributed by atoms with E-state index in [0.29, 0.717) is 34.6 Å². The van der Waals surface area contributed by atoms with Gasteiger partial charge in [0.2, 0.25) is 5.91 Å². The van der Waals surface area contributed by atoms with Crippen molar-refractivity contribution in [3.63, 3.8) is 0 Å². The molecule has 1 aromatic heterocycles. The molecule has 0 saturated carbocycles. The smallest absolute Gasteiger partial charge is 0.251 e. The van der Waals surface area contributed by atoms with Crippen molar-refractivity contribution in [2.45, 2.75) is 40.7 Å². The molecule has 0 bridgehead atoms. The second-order valence-electron chi connectivity index (χ2n) is 6.49. The van der Waals surface area contributed by atoms with E-state index in [9.17, 15) is 14.0 Å². The van der Waals surface area contributed by atoms with Crippen molar-refractivity contribution in [1.29, 1.82) is 0 Å². The van der Waals surface area contributed by atoms with Crippen molar-refractivity contribution in [2.24, 2.45) is 5.92 Å². The minimum atomic E-state index is -0.310. The largest absolute Gasteiger partial charge is 0.348 e. The molecule has 1 heterocycles. The maximum atomic E-state index is 13.8. The summed E-state index contributed by atoms with van der Waals surface area (Å²) in [5.74, 6) is -0.586. The molecule has 2 amide bonds. The fourth-order valence-corrected chi connectivity index (χ4v) is 2.41. The molecule has 2 N–H and O–H groups in total. The number of pyridine rings is 1. The van der Waals surface area contributed by atoms with Crippen LogP contribution in [0.1, 0.15) is 48.0 Å². The van der Waals surface area contributed by atoms with E-state index < -0.39 is 0 Å². The van der Waals surface area contributed by atoms with Crippen LogP contribution in [0.5, 0.6) is 0 Å². The second kappa shape index (κ2) is 8.56. The van der Waals surface area contributed by atoms with Gasteiger partial charge >= 0.3 is 0 Å². The molecule has 0 aliphatic rings. The first-order chi connectivity index (χ1) is 12.3. The van der Waals surface area contributed by atoms with Gasteiger partial charge in [-0.25, -0.2) is 9.37 Å². The van der Waals surface area contributed by atoms with Gasteiger partial charge in [-0.2, -0.15) is 0 Å². The highest BCUT2D eigenvalue weighted by Gasteiger charge is 2.12. The van der Waals surface area contributed by atoms with E-state index in [2.05, 4.69) is 15.6 Å². The topological polar surface area (TPSA) is 71.1 Å². The molecule has 0 aliphatic heterocycles. The molecule has 0 aliphatic carbocycles. The molecular weight excluding hydrogens is 333 g/mol. The van der Waals surface area contributed by atoms with Crippen LogP contribution in [0.2, 0.25) is 0 Å². The minimum absolute atomic E-state index is 0.166. The normalized spacial score (nSPS) is 10.7. The van der Waals surface area contributed by atoms with Crippen LogP contribution in [0, 0.1) is 18.7 Å². The molecule has 26 heavy (non-hydrogen) atoms. The summed E-state index contributed by atoms with van der Waals surface area (Å²) in [7, 11) is 0. The lowest BCUT2D eigenvalue weighted by Gasteiger charge is -2.11. The van der Waals surface area contributed by atoms with Crippen molar-refractivity contribution in [3.05, 3.63) is 58.5 Å². The SMILES string of the molecule is CCc1ccc(CNC(=O)c2cc(C)nc(NC(=O)C(C)C)c2)cc1F. The number of nitrogens with one attached hydrogen (secondary N) is 2. The van der Waals surface area contributed by atoms with Crippen molar-refractivity contribution in [2.75, 3.05) is 5.32 Å². The number of aryl methyl sites for hydroxylation is 2. The van der Waals surface area contributed by atoms with Crippen LogP contribution in [0.4, 0.5) is 10.2 Å². The number of carbonyl (C=O) groups excluding carboxylic acids is 2. The summed E-state index contributed by atoms with van der Waals surface area (Å²) in [4.78, 5) is 28.4. The monoisotopic (exact) mass is 357 g/mol. The zero-order valence-electron chi connectivity index (χ0n) is 15.5. The third-order valence-electron chi connectivity index (χ3n) is 3.94. The Morgan fingerprint density at radius 3 is 2.54 bits per heavy atom. The predicted octanol–water partition coefficient (Wildman–Crippen LogP) is 3.62. The number of halogens is 1. The molecule has 0 unspecified atom stereocenters. The number of benzene rings is 1. The number of nitrogens with zero attached hydrogens (tertiary/aromatic N) is 1. The Kier molecular flexibility index (Phi) is 6.44. The number of amides is 2. The van der Waals surface area contributed by atoms with Crippen LogP contribution < -0.4 is 10.6 Å². The maximum Gasteiger partial charge on any atom is 0.251 e. The van der Waals surface area contributed by atoms with Crippen LogP contribution >= 0.6 is 0 Å². The molecular formula is C20H24FN3O2. The van der Waals surface area contributed by atoms with Gasteiger partial charge in [-0.3, -0.25) is 9.59 Å². The van der Waals surface area contributed by atoms with Gasteiger partial charge in [-0.1, -0.05) is 32.9 Å². The first kappa shape index (κ1) is 19.6. The molecule has 0 atom stereocenters. The van der Waals surface area contributed by atoms with E-state index in [-0.39, 0.29) is 30.1 Å². The summed E-state index contributed by atoms with van der Waals surface area (Å²) >= 11 is 0. The summed E-state index contributed by atoms with van der Waals surface area (Å²) in [5, 5.41) is 5.46. The lowest BCUT2D eigenvalue weighted by molar-refractivity contribution is -0.118. The summed E-state index contributed by atoms with van der Waals surface area (Å²) < 4.78 is 13.8. The van der Waals surface area contributed by atoms with Gasteiger partial charge in [0.15, 0.2) is 0 Å². The van der Waals surface area contributed by atoms with Gasteiger partial charge in [0, 0.05) is 23.7 Å². The van der Waals surface area contributed by atoms with E-state index in [0.717, 1.165) is 0 Å². The highest BCUT2D eigenvalue weighted by molar-refractivity contribution is 5.97. The molecule has 0 spiro atoms. The first-order valence-corrected chi connectivity index (χ1v) is 8.65. The number of hydrogen-bond donors (Lipinski definition) is 2. The van der Waals surface area contributed by atoms with Gasteiger partial charge in [0.05, 0.1) is 0 Å². The van der Waals surface area contributed by atoms with Gasteiger partial charge in [-0.05, 0) is 42.7 Å². The average Bonchev–Trinajstić information content (AvgIpc) is 2.59. The van der Waals surface area contributed by atoms with Crippen LogP contribution in [0.15, 0.2) is 30.3 Å². The van der Waals surface area contributed by atoms with Gasteiger partial charge in [-0.15, -0.1) is 0 Å². The molecule has 5 nitrogen and oxygen atoms in total. The molecule has 0 radical (unpaired) electrons. The Morgan fingerprint density at radius 1 is 1.19 bits per heavy atom. The zero-order valence-corrected chi connectivity index (χ0v) is 15.5. The lowest BCUT2D eigenvalue weighted by Crippen LogP contribution is -2.24. The molecule has 0 saturated heterocycles. The number of rotatable bonds is 6. The van der Waals surface area contributed by atoms with Gasteiger partial charge < -0.3 is 10.6 Å². The quantitative estimate of drug-likeness (QED) is 0.829. The molecule has 6 heteroatoms. The van der Waals surface area contributed by atoms with Gasteiger partial charge in [0.1, 0.15) is 11.6 Å². The van der Waals surface area contributed by atoms with Crippen LogP contribution in [0.25, 0.3) is 0 Å². The Hall–Kier alpha value is -2.76. The summed E-state index contributed by atoms with van der Waals surface area (Å²) in [6, 6.07) is 8.14. The fourth-order valence-electron chi connectivity index (χ4n) is 2.41. The Bertz CT molecular complexity index is 819. The van der Waals surface area contributed by atoms with Crippen molar-refractivity contribution in [1.82, 2.24) is 10.3 Å². The third kappa shape index (κ3) is 5.12. The van der Waals surface area contributed by atoms with E-state index in [1.54, 1.807) is 39.0 Å². The summed E-state index contributed by atoms with van der Waals surface area (Å²) in [6.45, 7) is 7.42.